The van der Waals surface area contributed by atoms with Crippen LogP contribution in [0.5, 0.6) is 0 Å². The van der Waals surface area contributed by atoms with Gasteiger partial charge in [0, 0.05) is 29.2 Å². The van der Waals surface area contributed by atoms with E-state index in [1.165, 1.54) is 0 Å². The largest absolute Gasteiger partial charge is 0.364 e. The van der Waals surface area contributed by atoms with E-state index >= 15 is 0 Å². The number of amides is 2. The van der Waals surface area contributed by atoms with Crippen LogP contribution in [0, 0.1) is 0 Å². The Labute approximate surface area is 158 Å². The average Bonchev–Trinajstić information content (AvgIpc) is 2.94. The fourth-order valence-electron chi connectivity index (χ4n) is 3.41. The molecule has 2 N–H and O–H groups in total. The lowest BCUT2D eigenvalue weighted by molar-refractivity contribution is -0.130. The van der Waals surface area contributed by atoms with Crippen molar-refractivity contribution >= 4 is 28.8 Å². The maximum Gasteiger partial charge on any atom is 0.268 e. The molecule has 1 aromatic carbocycles. The summed E-state index contributed by atoms with van der Waals surface area (Å²) in [6, 6.07) is 7.39. The number of para-hydroxylation sites is 1. The van der Waals surface area contributed by atoms with Crippen molar-refractivity contribution in [2.24, 2.45) is 0 Å². The third-order valence-corrected chi connectivity index (χ3v) is 4.92. The highest BCUT2D eigenvalue weighted by atomic mass is 16.5. The molecule has 0 radical (unpaired) electrons. The number of hydrogen-bond acceptors (Lipinski definition) is 3. The van der Waals surface area contributed by atoms with Gasteiger partial charge in [-0.2, -0.15) is 0 Å². The van der Waals surface area contributed by atoms with Crippen LogP contribution in [0.25, 0.3) is 17.0 Å². The molecule has 2 heterocycles. The van der Waals surface area contributed by atoms with E-state index < -0.39 is 6.04 Å². The molecule has 0 spiro atoms. The second kappa shape index (κ2) is 7.04. The van der Waals surface area contributed by atoms with E-state index in [0.29, 0.717) is 6.73 Å². The van der Waals surface area contributed by atoms with Crippen LogP contribution in [0.2, 0.25) is 0 Å². The molecule has 1 atom stereocenters. The van der Waals surface area contributed by atoms with E-state index in [1.807, 2.05) is 30.3 Å². The Kier molecular flexibility index (Phi) is 4.93. The lowest BCUT2D eigenvalue weighted by atomic mass is 9.86. The van der Waals surface area contributed by atoms with Crippen LogP contribution in [-0.2, 0) is 26.5 Å². The Bertz CT molecular complexity index is 953. The average molecular weight is 367 g/mol. The third-order valence-electron chi connectivity index (χ3n) is 4.92. The molecule has 2 amide bonds. The second-order valence-corrected chi connectivity index (χ2v) is 7.29. The fraction of sp³-hybridized carbons (Fsp3) is 0.333. The van der Waals surface area contributed by atoms with Crippen molar-refractivity contribution in [3.63, 3.8) is 0 Å². The van der Waals surface area contributed by atoms with Crippen LogP contribution in [0.4, 0.5) is 0 Å². The number of carbonyl (C=O) groups is 2. The van der Waals surface area contributed by atoms with Crippen molar-refractivity contribution in [2.45, 2.75) is 39.0 Å². The predicted molar refractivity (Wildman–Crippen MR) is 106 cm³/mol. The molecular weight excluding hydrogens is 342 g/mol. The van der Waals surface area contributed by atoms with Crippen molar-refractivity contribution in [2.75, 3.05) is 7.11 Å². The summed E-state index contributed by atoms with van der Waals surface area (Å²) in [6.45, 7) is 10.1. The number of aromatic nitrogens is 1. The minimum absolute atomic E-state index is 0.231. The quantitative estimate of drug-likeness (QED) is 0.630. The van der Waals surface area contributed by atoms with E-state index in [9.17, 15) is 9.59 Å². The lowest BCUT2D eigenvalue weighted by Crippen LogP contribution is -2.53. The zero-order valence-electron chi connectivity index (χ0n) is 16.1. The van der Waals surface area contributed by atoms with Crippen LogP contribution >= 0.6 is 0 Å². The topological polar surface area (TPSA) is 72.4 Å². The van der Waals surface area contributed by atoms with Crippen LogP contribution in [0.3, 0.4) is 0 Å². The molecule has 0 saturated carbocycles. The SMILES string of the molecule is C=CC(C)(C)c1c(/C=C2\NC(=O)[C@H](C)NC2=O)c2ccccc2n1COC. The summed E-state index contributed by atoms with van der Waals surface area (Å²) < 4.78 is 7.51. The van der Waals surface area contributed by atoms with Gasteiger partial charge in [-0.05, 0) is 19.1 Å². The maximum absolute atomic E-state index is 12.4. The summed E-state index contributed by atoms with van der Waals surface area (Å²) in [5.41, 5.74) is 2.68. The van der Waals surface area contributed by atoms with Gasteiger partial charge in [-0.3, -0.25) is 9.59 Å². The molecular formula is C21H25N3O3. The van der Waals surface area contributed by atoms with Crippen LogP contribution in [0.1, 0.15) is 32.0 Å². The van der Waals surface area contributed by atoms with Gasteiger partial charge in [0.05, 0.1) is 5.52 Å². The monoisotopic (exact) mass is 367 g/mol. The van der Waals surface area contributed by atoms with Gasteiger partial charge in [0.15, 0.2) is 0 Å². The first-order valence-electron chi connectivity index (χ1n) is 8.87. The van der Waals surface area contributed by atoms with Crippen LogP contribution in [0.15, 0.2) is 42.6 Å². The molecule has 2 aromatic rings. The Morgan fingerprint density at radius 2 is 2.00 bits per heavy atom. The van der Waals surface area contributed by atoms with E-state index in [1.54, 1.807) is 20.1 Å². The van der Waals surface area contributed by atoms with Gasteiger partial charge in [0.1, 0.15) is 18.5 Å². The number of ether oxygens (including phenoxy) is 1. The summed E-state index contributed by atoms with van der Waals surface area (Å²) in [4.78, 5) is 24.4. The van der Waals surface area contributed by atoms with Gasteiger partial charge >= 0.3 is 0 Å². The van der Waals surface area contributed by atoms with E-state index in [-0.39, 0.29) is 22.9 Å². The Hall–Kier alpha value is -2.86. The summed E-state index contributed by atoms with van der Waals surface area (Å²) in [7, 11) is 1.65. The van der Waals surface area contributed by atoms with E-state index in [2.05, 4.69) is 35.6 Å². The standard InChI is InChI=1S/C21H25N3O3/c1-6-21(3,4)18-15(11-16-20(26)22-13(2)19(25)23-16)14-9-7-8-10-17(14)24(18)12-27-5/h6-11,13H,1,12H2,2-5H3,(H,22,26)(H,23,25)/b16-11-/t13-/m0/s1. The molecule has 0 bridgehead atoms. The fourth-order valence-corrected chi connectivity index (χ4v) is 3.41. The van der Waals surface area contributed by atoms with Crippen molar-refractivity contribution < 1.29 is 14.3 Å². The van der Waals surface area contributed by atoms with Gasteiger partial charge in [-0.15, -0.1) is 6.58 Å². The smallest absolute Gasteiger partial charge is 0.268 e. The van der Waals surface area contributed by atoms with Crippen molar-refractivity contribution in [1.29, 1.82) is 0 Å². The van der Waals surface area contributed by atoms with Crippen molar-refractivity contribution in [3.8, 4) is 0 Å². The number of nitrogens with one attached hydrogen (secondary N) is 2. The molecule has 3 rings (SSSR count). The molecule has 27 heavy (non-hydrogen) atoms. The highest BCUT2D eigenvalue weighted by Crippen LogP contribution is 2.37. The second-order valence-electron chi connectivity index (χ2n) is 7.29. The number of allylic oxidation sites excluding steroid dienone is 1. The highest BCUT2D eigenvalue weighted by Gasteiger charge is 2.30. The first-order valence-corrected chi connectivity index (χ1v) is 8.87. The minimum atomic E-state index is -0.548. The van der Waals surface area contributed by atoms with Crippen LogP contribution < -0.4 is 10.6 Å². The van der Waals surface area contributed by atoms with Crippen molar-refractivity contribution in [1.82, 2.24) is 15.2 Å². The highest BCUT2D eigenvalue weighted by molar-refractivity contribution is 6.08. The number of methoxy groups -OCH3 is 1. The van der Waals surface area contributed by atoms with Crippen LogP contribution in [-0.4, -0.2) is 29.5 Å². The van der Waals surface area contributed by atoms with Gasteiger partial charge in [-0.1, -0.05) is 38.1 Å². The van der Waals surface area contributed by atoms with Gasteiger partial charge in [-0.25, -0.2) is 0 Å². The van der Waals surface area contributed by atoms with Gasteiger partial charge < -0.3 is 19.9 Å². The first kappa shape index (κ1) is 18.9. The summed E-state index contributed by atoms with van der Waals surface area (Å²) >= 11 is 0. The molecule has 1 saturated heterocycles. The number of nitrogens with zero attached hydrogens (tertiary/aromatic N) is 1. The number of carbonyl (C=O) groups excluding carboxylic acids is 2. The molecule has 1 aliphatic rings. The number of piperazine rings is 1. The maximum atomic E-state index is 12.4. The first-order chi connectivity index (χ1) is 12.8. The number of hydrogen-bond donors (Lipinski definition) is 2. The zero-order valence-corrected chi connectivity index (χ0v) is 16.1. The summed E-state index contributed by atoms with van der Waals surface area (Å²) in [5.74, 6) is -0.529. The molecule has 1 aliphatic heterocycles. The lowest BCUT2D eigenvalue weighted by Gasteiger charge is -2.25. The Morgan fingerprint density at radius 3 is 2.67 bits per heavy atom. The minimum Gasteiger partial charge on any atom is -0.364 e. The predicted octanol–water partition coefficient (Wildman–Crippen LogP) is 2.68. The summed E-state index contributed by atoms with van der Waals surface area (Å²) in [6.07, 6.45) is 3.62. The number of benzene rings is 1. The number of rotatable bonds is 5. The van der Waals surface area contributed by atoms with E-state index in [0.717, 1.165) is 22.2 Å². The molecule has 0 aliphatic carbocycles. The van der Waals surface area contributed by atoms with Gasteiger partial charge in [0.2, 0.25) is 5.91 Å². The Morgan fingerprint density at radius 1 is 1.30 bits per heavy atom. The molecule has 142 valence electrons. The molecule has 6 nitrogen and oxygen atoms in total. The van der Waals surface area contributed by atoms with Crippen molar-refractivity contribution in [3.05, 3.63) is 53.9 Å². The third kappa shape index (κ3) is 3.28. The molecule has 6 heteroatoms. The zero-order chi connectivity index (χ0) is 19.8. The van der Waals surface area contributed by atoms with Gasteiger partial charge in [0.25, 0.3) is 5.91 Å². The Balaban J connectivity index is 2.30. The number of fused-ring (bicyclic) bond motifs is 1. The normalized spacial score (nSPS) is 19.3. The molecule has 0 unspecified atom stereocenters. The summed E-state index contributed by atoms with van der Waals surface area (Å²) in [5, 5.41) is 6.37. The van der Waals surface area contributed by atoms with E-state index in [4.69, 9.17) is 4.74 Å². The molecule has 1 fully saturated rings. The molecule has 1 aromatic heterocycles.